The maximum Gasteiger partial charge on any atom is 0.237 e. The first-order chi connectivity index (χ1) is 15.0. The van der Waals surface area contributed by atoms with E-state index in [9.17, 15) is 14.0 Å². The molecule has 1 aliphatic rings. The number of rotatable bonds is 9. The van der Waals surface area contributed by atoms with Crippen LogP contribution in [-0.4, -0.2) is 38.9 Å². The van der Waals surface area contributed by atoms with Gasteiger partial charge >= 0.3 is 0 Å². The van der Waals surface area contributed by atoms with Gasteiger partial charge in [-0.05, 0) is 49.2 Å². The zero-order valence-electron chi connectivity index (χ0n) is 16.8. The van der Waals surface area contributed by atoms with Crippen LogP contribution in [0, 0.1) is 5.82 Å². The van der Waals surface area contributed by atoms with Crippen LogP contribution in [0.4, 0.5) is 10.1 Å². The predicted molar refractivity (Wildman–Crippen MR) is 117 cm³/mol. The molecule has 0 radical (unpaired) electrons. The first kappa shape index (κ1) is 21.0. The molecule has 0 bridgehead atoms. The second-order valence-electron chi connectivity index (χ2n) is 7.31. The van der Waals surface area contributed by atoms with Crippen molar-refractivity contribution in [2.45, 2.75) is 30.3 Å². The summed E-state index contributed by atoms with van der Waals surface area (Å²) < 4.78 is 15.3. The molecular formula is C22H22FN5O2S. The number of thioether (sulfide) groups is 1. The maximum atomic E-state index is 13.3. The number of primary amides is 1. The van der Waals surface area contributed by atoms with Crippen LogP contribution in [0.25, 0.3) is 5.69 Å². The van der Waals surface area contributed by atoms with E-state index in [-0.39, 0.29) is 24.6 Å². The molecule has 1 saturated carbocycles. The van der Waals surface area contributed by atoms with E-state index in [1.807, 2.05) is 34.9 Å². The van der Waals surface area contributed by atoms with Crippen LogP contribution < -0.4 is 10.6 Å². The van der Waals surface area contributed by atoms with Gasteiger partial charge in [0, 0.05) is 30.3 Å². The minimum atomic E-state index is -0.509. The van der Waals surface area contributed by atoms with Gasteiger partial charge in [-0.3, -0.25) is 14.2 Å². The number of para-hydroxylation sites is 1. The van der Waals surface area contributed by atoms with Crippen LogP contribution in [0.15, 0.2) is 59.8 Å². The van der Waals surface area contributed by atoms with Crippen LogP contribution in [0.5, 0.6) is 0 Å². The van der Waals surface area contributed by atoms with Crippen molar-refractivity contribution in [2.24, 2.45) is 5.73 Å². The maximum absolute atomic E-state index is 13.3. The van der Waals surface area contributed by atoms with Crippen molar-refractivity contribution in [3.8, 4) is 5.69 Å². The van der Waals surface area contributed by atoms with Crippen molar-refractivity contribution in [2.75, 3.05) is 17.2 Å². The number of carbonyl (C=O) groups is 2. The molecule has 1 fully saturated rings. The Morgan fingerprint density at radius 2 is 1.81 bits per heavy atom. The highest BCUT2D eigenvalue weighted by Crippen LogP contribution is 2.41. The third kappa shape index (κ3) is 5.11. The van der Waals surface area contributed by atoms with E-state index in [1.54, 1.807) is 0 Å². The van der Waals surface area contributed by atoms with E-state index in [4.69, 9.17) is 5.73 Å². The van der Waals surface area contributed by atoms with Crippen LogP contribution in [0.2, 0.25) is 0 Å². The van der Waals surface area contributed by atoms with Crippen LogP contribution >= 0.6 is 11.8 Å². The van der Waals surface area contributed by atoms with Crippen molar-refractivity contribution >= 4 is 29.3 Å². The van der Waals surface area contributed by atoms with Gasteiger partial charge in [-0.25, -0.2) is 4.39 Å². The lowest BCUT2D eigenvalue weighted by atomic mass is 10.2. The lowest BCUT2D eigenvalue weighted by Crippen LogP contribution is -2.35. The molecule has 1 aromatic heterocycles. The fraction of sp³-hybridized carbons (Fsp3) is 0.273. The third-order valence-electron chi connectivity index (χ3n) is 4.96. The summed E-state index contributed by atoms with van der Waals surface area (Å²) in [7, 11) is 0. The van der Waals surface area contributed by atoms with E-state index in [1.165, 1.54) is 40.9 Å². The van der Waals surface area contributed by atoms with E-state index in [0.29, 0.717) is 16.8 Å². The fourth-order valence-corrected chi connectivity index (χ4v) is 4.08. The summed E-state index contributed by atoms with van der Waals surface area (Å²) in [5.74, 6) is 0.253. The van der Waals surface area contributed by atoms with Gasteiger partial charge in [-0.2, -0.15) is 0 Å². The van der Waals surface area contributed by atoms with Crippen molar-refractivity contribution < 1.29 is 14.0 Å². The Hall–Kier alpha value is -3.20. The summed E-state index contributed by atoms with van der Waals surface area (Å²) in [5.41, 5.74) is 6.73. The molecule has 160 valence electrons. The normalized spacial score (nSPS) is 13.2. The number of benzene rings is 2. The molecule has 0 unspecified atom stereocenters. The van der Waals surface area contributed by atoms with Crippen molar-refractivity contribution in [3.63, 3.8) is 0 Å². The average molecular weight is 440 g/mol. The number of halogens is 1. The molecule has 0 atom stereocenters. The van der Waals surface area contributed by atoms with E-state index in [2.05, 4.69) is 10.2 Å². The van der Waals surface area contributed by atoms with Crippen LogP contribution in [-0.2, 0) is 9.59 Å². The molecule has 1 aliphatic carbocycles. The molecular weight excluding hydrogens is 417 g/mol. The number of anilines is 1. The van der Waals surface area contributed by atoms with E-state index >= 15 is 0 Å². The summed E-state index contributed by atoms with van der Waals surface area (Å²) in [6.45, 7) is 0.124. The molecule has 31 heavy (non-hydrogen) atoms. The molecule has 0 saturated heterocycles. The minimum absolute atomic E-state index is 0.0137. The molecule has 0 aliphatic heterocycles. The molecule has 2 amide bonds. The summed E-state index contributed by atoms with van der Waals surface area (Å²) >= 11 is 1.28. The summed E-state index contributed by atoms with van der Waals surface area (Å²) in [5, 5.41) is 9.33. The molecule has 7 nitrogen and oxygen atoms in total. The lowest BCUT2D eigenvalue weighted by Gasteiger charge is -2.22. The third-order valence-corrected chi connectivity index (χ3v) is 5.87. The van der Waals surface area contributed by atoms with Crippen LogP contribution in [0.3, 0.4) is 0 Å². The Morgan fingerprint density at radius 1 is 1.10 bits per heavy atom. The van der Waals surface area contributed by atoms with Gasteiger partial charge in [0.05, 0.1) is 5.75 Å². The molecule has 9 heteroatoms. The summed E-state index contributed by atoms with van der Waals surface area (Å²) in [6, 6.07) is 15.4. The van der Waals surface area contributed by atoms with Gasteiger partial charge < -0.3 is 10.6 Å². The minimum Gasteiger partial charge on any atom is -0.370 e. The number of aromatic nitrogens is 3. The second-order valence-corrected chi connectivity index (χ2v) is 8.26. The molecule has 1 heterocycles. The Kier molecular flexibility index (Phi) is 6.31. The largest absolute Gasteiger partial charge is 0.370 e. The number of amides is 2. The lowest BCUT2D eigenvalue weighted by molar-refractivity contribution is -0.118. The molecule has 4 rings (SSSR count). The average Bonchev–Trinajstić information content (AvgIpc) is 3.53. The Labute approximate surface area is 183 Å². The molecule has 2 N–H and O–H groups in total. The smallest absolute Gasteiger partial charge is 0.237 e. The summed E-state index contributed by atoms with van der Waals surface area (Å²) in [4.78, 5) is 25.7. The van der Waals surface area contributed by atoms with Gasteiger partial charge in [0.2, 0.25) is 11.8 Å². The number of nitrogens with zero attached hydrogens (tertiary/aromatic N) is 4. The highest BCUT2D eigenvalue weighted by Gasteiger charge is 2.31. The number of hydrogen-bond donors (Lipinski definition) is 1. The van der Waals surface area contributed by atoms with Gasteiger partial charge in [-0.1, -0.05) is 30.0 Å². The van der Waals surface area contributed by atoms with E-state index in [0.717, 1.165) is 24.4 Å². The van der Waals surface area contributed by atoms with Crippen LogP contribution in [0.1, 0.15) is 31.0 Å². The number of nitrogens with two attached hydrogens (primary N) is 1. The standard InChI is InChI=1S/C22H22FN5O2S/c23-16-8-10-17(11-9-16)27(13-12-19(24)29)20(30)14-31-22-26-25-21(15-6-7-15)28(22)18-4-2-1-3-5-18/h1-5,8-11,15H,6-7,12-14H2,(H2,24,29). The SMILES string of the molecule is NC(=O)CCN(C(=O)CSc1nnc(C2CC2)n1-c1ccccc1)c1ccc(F)cc1. The Morgan fingerprint density at radius 3 is 2.45 bits per heavy atom. The summed E-state index contributed by atoms with van der Waals surface area (Å²) in [6.07, 6.45) is 2.18. The number of hydrogen-bond acceptors (Lipinski definition) is 5. The van der Waals surface area contributed by atoms with Gasteiger partial charge in [0.1, 0.15) is 11.6 Å². The fourth-order valence-electron chi connectivity index (χ4n) is 3.25. The molecule has 0 spiro atoms. The van der Waals surface area contributed by atoms with Crippen molar-refractivity contribution in [1.29, 1.82) is 0 Å². The highest BCUT2D eigenvalue weighted by molar-refractivity contribution is 7.99. The zero-order chi connectivity index (χ0) is 21.8. The second kappa shape index (κ2) is 9.30. The highest BCUT2D eigenvalue weighted by atomic mass is 32.2. The first-order valence-electron chi connectivity index (χ1n) is 10.0. The monoisotopic (exact) mass is 439 g/mol. The Bertz CT molecular complexity index is 1070. The predicted octanol–water partition coefficient (Wildman–Crippen LogP) is 3.28. The Balaban J connectivity index is 1.54. The number of carbonyl (C=O) groups excluding carboxylic acids is 2. The van der Waals surface area contributed by atoms with Gasteiger partial charge in [0.25, 0.3) is 0 Å². The van der Waals surface area contributed by atoms with E-state index < -0.39 is 11.7 Å². The molecule has 2 aromatic carbocycles. The van der Waals surface area contributed by atoms with Gasteiger partial charge in [-0.15, -0.1) is 10.2 Å². The topological polar surface area (TPSA) is 94.1 Å². The quantitative estimate of drug-likeness (QED) is 0.517. The van der Waals surface area contributed by atoms with Gasteiger partial charge in [0.15, 0.2) is 5.16 Å². The van der Waals surface area contributed by atoms with Crippen molar-refractivity contribution in [3.05, 3.63) is 66.2 Å². The molecule has 3 aromatic rings. The van der Waals surface area contributed by atoms with Crippen molar-refractivity contribution in [1.82, 2.24) is 14.8 Å². The first-order valence-corrected chi connectivity index (χ1v) is 11.0. The zero-order valence-corrected chi connectivity index (χ0v) is 17.6.